The number of carboxylic acids is 1. The summed E-state index contributed by atoms with van der Waals surface area (Å²) in [6.45, 7) is 18.8. The molecule has 0 spiro atoms. The maximum atomic E-state index is 13.0. The van der Waals surface area contributed by atoms with E-state index in [9.17, 15) is 39.0 Å². The summed E-state index contributed by atoms with van der Waals surface area (Å²) in [6, 6.07) is -2.50. The lowest BCUT2D eigenvalue weighted by molar-refractivity contribution is -0.159. The van der Waals surface area contributed by atoms with Crippen LogP contribution in [0, 0.1) is 0 Å². The molecule has 0 bridgehead atoms. The van der Waals surface area contributed by atoms with Crippen molar-refractivity contribution in [3.8, 4) is 0 Å². The van der Waals surface area contributed by atoms with Crippen molar-refractivity contribution in [2.24, 2.45) is 0 Å². The first-order valence-corrected chi connectivity index (χ1v) is 17.3. The fraction of sp³-hybridized carbons (Fsp3) is 0.824. The Bertz CT molecular complexity index is 1200. The molecule has 2 heterocycles. The van der Waals surface area contributed by atoms with E-state index in [2.05, 4.69) is 0 Å². The van der Waals surface area contributed by atoms with Gasteiger partial charge in [-0.2, -0.15) is 0 Å². The van der Waals surface area contributed by atoms with Gasteiger partial charge in [0, 0.05) is 65.8 Å². The molecule has 292 valence electrons. The third kappa shape index (κ3) is 16.1. The third-order valence-electron chi connectivity index (χ3n) is 7.87. The fourth-order valence-corrected chi connectivity index (χ4v) is 5.96. The molecule has 0 unspecified atom stereocenters. The molecule has 17 nitrogen and oxygen atoms in total. The van der Waals surface area contributed by atoms with Gasteiger partial charge in [0.2, 0.25) is 0 Å². The van der Waals surface area contributed by atoms with Gasteiger partial charge in [-0.1, -0.05) is 0 Å². The van der Waals surface area contributed by atoms with E-state index in [0.29, 0.717) is 26.2 Å². The second kappa shape index (κ2) is 18.3. The van der Waals surface area contributed by atoms with Gasteiger partial charge in [-0.05, 0) is 62.3 Å². The van der Waals surface area contributed by atoms with Crippen molar-refractivity contribution in [2.45, 2.75) is 104 Å². The normalized spacial score (nSPS) is 22.7. The zero-order valence-electron chi connectivity index (χ0n) is 31.9. The summed E-state index contributed by atoms with van der Waals surface area (Å²) < 4.78 is 22.2. The monoisotopic (exact) mass is 729 g/mol. The van der Waals surface area contributed by atoms with Crippen LogP contribution in [0.4, 0.5) is 4.79 Å². The number of carbonyl (C=O) groups excluding carboxylic acids is 4. The summed E-state index contributed by atoms with van der Waals surface area (Å²) >= 11 is 0. The number of aliphatic carboxylic acids is 1. The van der Waals surface area contributed by atoms with E-state index in [0.717, 1.165) is 11.8 Å². The minimum atomic E-state index is -1.64. The lowest BCUT2D eigenvalue weighted by Gasteiger charge is -2.37. The summed E-state index contributed by atoms with van der Waals surface area (Å²) in [6.07, 6.45) is -2.80. The Kier molecular flexibility index (Phi) is 15.6. The minimum Gasteiger partial charge on any atom is -0.480 e. The average molecular weight is 730 g/mol. The van der Waals surface area contributed by atoms with E-state index >= 15 is 0 Å². The number of carboxylic acid groups (broad SMARTS) is 2. The first kappa shape index (κ1) is 43.6. The van der Waals surface area contributed by atoms with E-state index < -0.39 is 70.9 Å². The number of rotatable bonds is 9. The van der Waals surface area contributed by atoms with Crippen LogP contribution in [0.25, 0.3) is 0 Å². The number of carbonyl (C=O) groups is 6. The lowest BCUT2D eigenvalue weighted by atomic mass is 10.1. The number of hydrogen-bond acceptors (Lipinski definition) is 14. The van der Waals surface area contributed by atoms with Crippen LogP contribution in [0.3, 0.4) is 0 Å². The van der Waals surface area contributed by atoms with Gasteiger partial charge in [0.25, 0.3) is 0 Å². The number of likely N-dealkylation sites (tertiary alicyclic amines) is 1. The zero-order chi connectivity index (χ0) is 38.9. The fourth-order valence-electron chi connectivity index (χ4n) is 5.96. The van der Waals surface area contributed by atoms with E-state index in [-0.39, 0.29) is 52.4 Å². The average Bonchev–Trinajstić information content (AvgIpc) is 3.28. The van der Waals surface area contributed by atoms with Gasteiger partial charge >= 0.3 is 35.9 Å². The van der Waals surface area contributed by atoms with Crippen LogP contribution in [0.15, 0.2) is 0 Å². The van der Waals surface area contributed by atoms with Crippen molar-refractivity contribution in [1.29, 1.82) is 0 Å². The van der Waals surface area contributed by atoms with E-state index in [1.54, 1.807) is 62.3 Å². The molecule has 2 aliphatic rings. The SMILES string of the molecule is CC(=O)O[C@H]1[C@H](N2CCN(CC(=O)OC(C)(C)C)CCN(CC(=O)OC(C)(C)C)CCN(CC(=O)OC(C)(C)C)CC2)CN(C(=O)O)[C@@H]1C(=O)O. The topological polar surface area (TPSA) is 196 Å². The molecule has 2 saturated heterocycles. The van der Waals surface area contributed by atoms with Gasteiger partial charge in [0.05, 0.1) is 25.7 Å². The number of nitrogens with zero attached hydrogens (tertiary/aromatic N) is 5. The van der Waals surface area contributed by atoms with Gasteiger partial charge in [-0.3, -0.25) is 43.7 Å². The van der Waals surface area contributed by atoms with Gasteiger partial charge in [0.1, 0.15) is 16.8 Å². The molecular weight excluding hydrogens is 670 g/mol. The smallest absolute Gasteiger partial charge is 0.408 e. The molecule has 2 N–H and O–H groups in total. The number of esters is 4. The first-order valence-electron chi connectivity index (χ1n) is 17.3. The highest BCUT2D eigenvalue weighted by molar-refractivity contribution is 5.82. The maximum Gasteiger partial charge on any atom is 0.408 e. The van der Waals surface area contributed by atoms with Crippen molar-refractivity contribution in [3.05, 3.63) is 0 Å². The van der Waals surface area contributed by atoms with Crippen LogP contribution >= 0.6 is 0 Å². The van der Waals surface area contributed by atoms with Crippen LogP contribution in [0.5, 0.6) is 0 Å². The first-order chi connectivity index (χ1) is 23.3. The molecule has 2 rings (SSSR count). The van der Waals surface area contributed by atoms with Crippen LogP contribution in [-0.4, -0.2) is 184 Å². The van der Waals surface area contributed by atoms with E-state index in [4.69, 9.17) is 18.9 Å². The second-order valence-electron chi connectivity index (χ2n) is 16.0. The molecule has 17 heteroatoms. The van der Waals surface area contributed by atoms with Gasteiger partial charge in [-0.25, -0.2) is 9.59 Å². The summed E-state index contributed by atoms with van der Waals surface area (Å²) in [7, 11) is 0. The Morgan fingerprint density at radius 2 is 0.922 bits per heavy atom. The van der Waals surface area contributed by atoms with Gasteiger partial charge < -0.3 is 29.2 Å². The molecule has 0 radical (unpaired) electrons. The highest BCUT2D eigenvalue weighted by Gasteiger charge is 2.52. The van der Waals surface area contributed by atoms with Crippen LogP contribution in [-0.2, 0) is 42.9 Å². The van der Waals surface area contributed by atoms with Gasteiger partial charge in [-0.15, -0.1) is 0 Å². The molecular formula is C34H59N5O12. The minimum absolute atomic E-state index is 0.0301. The summed E-state index contributed by atoms with van der Waals surface area (Å²) in [4.78, 5) is 83.8. The Morgan fingerprint density at radius 1 is 0.588 bits per heavy atom. The van der Waals surface area contributed by atoms with Gasteiger partial charge in [0.15, 0.2) is 12.1 Å². The zero-order valence-corrected chi connectivity index (χ0v) is 31.9. The van der Waals surface area contributed by atoms with Crippen LogP contribution < -0.4 is 0 Å². The Balaban J connectivity index is 2.51. The van der Waals surface area contributed by atoms with Crippen molar-refractivity contribution < 1.29 is 57.9 Å². The highest BCUT2D eigenvalue weighted by atomic mass is 16.6. The molecule has 0 saturated carbocycles. The Hall–Kier alpha value is -3.54. The lowest BCUT2D eigenvalue weighted by Crippen LogP contribution is -2.54. The molecule has 2 aliphatic heterocycles. The Morgan fingerprint density at radius 3 is 1.20 bits per heavy atom. The number of amides is 1. The predicted molar refractivity (Wildman–Crippen MR) is 184 cm³/mol. The summed E-state index contributed by atoms with van der Waals surface area (Å²) in [5.41, 5.74) is -2.16. The van der Waals surface area contributed by atoms with Crippen molar-refractivity contribution in [3.63, 3.8) is 0 Å². The van der Waals surface area contributed by atoms with Crippen LogP contribution in [0.1, 0.15) is 69.2 Å². The van der Waals surface area contributed by atoms with Crippen LogP contribution in [0.2, 0.25) is 0 Å². The van der Waals surface area contributed by atoms with Crippen molar-refractivity contribution in [1.82, 2.24) is 24.5 Å². The molecule has 0 aromatic heterocycles. The van der Waals surface area contributed by atoms with Crippen molar-refractivity contribution >= 4 is 35.9 Å². The standard InChI is InChI=1S/C34H59N5O12/c1-23(40)48-29-24(19-39(31(46)47)28(29)30(44)45)38-17-15-36(21-26(42)50-33(5,6)7)13-11-35(20-25(41)49-32(2,3)4)12-14-37(16-18-38)22-27(43)51-34(8,9)10/h24,28-29H,11-22H2,1-10H3,(H,44,45)(H,46,47)/t24-,28+,29+/m1/s1. The Labute approximate surface area is 301 Å². The third-order valence-corrected chi connectivity index (χ3v) is 7.87. The number of ether oxygens (including phenoxy) is 4. The molecule has 3 atom stereocenters. The highest BCUT2D eigenvalue weighted by Crippen LogP contribution is 2.27. The summed E-state index contributed by atoms with van der Waals surface area (Å²) in [5.74, 6) is -3.58. The van der Waals surface area contributed by atoms with Crippen molar-refractivity contribution in [2.75, 3.05) is 78.5 Å². The molecule has 0 aromatic rings. The molecule has 2 fully saturated rings. The largest absolute Gasteiger partial charge is 0.480 e. The molecule has 51 heavy (non-hydrogen) atoms. The summed E-state index contributed by atoms with van der Waals surface area (Å²) in [5, 5.41) is 19.9. The van der Waals surface area contributed by atoms with E-state index in [1.165, 1.54) is 0 Å². The van der Waals surface area contributed by atoms with E-state index in [1.807, 2.05) is 19.6 Å². The maximum absolute atomic E-state index is 13.0. The predicted octanol–water partition coefficient (Wildman–Crippen LogP) is 0.980. The quantitative estimate of drug-likeness (QED) is 0.252. The molecule has 0 aromatic carbocycles. The number of hydrogen-bond donors (Lipinski definition) is 2. The molecule has 0 aliphatic carbocycles. The second-order valence-corrected chi connectivity index (χ2v) is 16.0. The molecule has 1 amide bonds.